The predicted octanol–water partition coefficient (Wildman–Crippen LogP) is 5.12. The van der Waals surface area contributed by atoms with Crippen LogP contribution < -0.4 is 5.32 Å². The second kappa shape index (κ2) is 11.0. The van der Waals surface area contributed by atoms with Gasteiger partial charge in [-0.3, -0.25) is 4.79 Å². The molecule has 1 amide bonds. The van der Waals surface area contributed by atoms with E-state index in [0.717, 1.165) is 35.6 Å². The van der Waals surface area contributed by atoms with E-state index < -0.39 is 11.7 Å². The molecule has 1 aliphatic carbocycles. The number of halogens is 3. The molecule has 1 N–H and O–H groups in total. The first kappa shape index (κ1) is 23.0. The number of carbonyl (C=O) groups is 1. The third-order valence-corrected chi connectivity index (χ3v) is 5.08. The topological polar surface area (TPSA) is 53.9 Å². The minimum atomic E-state index is -0.580. The standard InChI is InChI=1S/C21H24Cl2FN3O2/c1-4-15-6-7-16(22)10-19(15)26-13-27(12-20(29-3)21(28)25-2)11-14-5-8-18(24)17(23)9-14/h5,8-10,12,26H,2,4,6-7,11,13H2,1,3H3/b20-12+. The number of nitrogens with one attached hydrogen (secondary N) is 1. The van der Waals surface area contributed by atoms with Crippen LogP contribution in [-0.2, 0) is 16.1 Å². The van der Waals surface area contributed by atoms with Gasteiger partial charge < -0.3 is 15.0 Å². The normalized spacial score (nSPS) is 14.4. The molecule has 1 aromatic rings. The molecular formula is C21H24Cl2FN3O2. The number of methoxy groups -OCH3 is 1. The monoisotopic (exact) mass is 439 g/mol. The van der Waals surface area contributed by atoms with E-state index in [1.54, 1.807) is 18.3 Å². The Morgan fingerprint density at radius 2 is 2.17 bits per heavy atom. The molecule has 0 spiro atoms. The number of benzene rings is 1. The molecule has 0 unspecified atom stereocenters. The zero-order valence-electron chi connectivity index (χ0n) is 16.5. The van der Waals surface area contributed by atoms with Crippen molar-refractivity contribution in [2.24, 2.45) is 4.99 Å². The lowest BCUT2D eigenvalue weighted by Gasteiger charge is -2.25. The van der Waals surface area contributed by atoms with Crippen molar-refractivity contribution < 1.29 is 13.9 Å². The van der Waals surface area contributed by atoms with Crippen LogP contribution in [0.25, 0.3) is 0 Å². The molecule has 8 heteroatoms. The second-order valence-corrected chi connectivity index (χ2v) is 7.35. The minimum absolute atomic E-state index is 0.0353. The molecule has 0 fully saturated rings. The van der Waals surface area contributed by atoms with Gasteiger partial charge in [0.05, 0.1) is 18.8 Å². The number of aliphatic imine (C=N–C) groups is 1. The highest BCUT2D eigenvalue weighted by molar-refractivity contribution is 6.30. The first-order valence-electron chi connectivity index (χ1n) is 9.14. The van der Waals surface area contributed by atoms with Crippen molar-refractivity contribution in [3.63, 3.8) is 0 Å². The van der Waals surface area contributed by atoms with Crippen molar-refractivity contribution in [1.82, 2.24) is 10.2 Å². The van der Waals surface area contributed by atoms with E-state index in [9.17, 15) is 9.18 Å². The van der Waals surface area contributed by atoms with Crippen LogP contribution in [0.4, 0.5) is 4.39 Å². The smallest absolute Gasteiger partial charge is 0.312 e. The third-order valence-electron chi connectivity index (χ3n) is 4.49. The Bertz CT molecular complexity index is 865. The highest BCUT2D eigenvalue weighted by Gasteiger charge is 2.14. The average molecular weight is 440 g/mol. The van der Waals surface area contributed by atoms with Gasteiger partial charge in [-0.1, -0.05) is 36.2 Å². The van der Waals surface area contributed by atoms with Crippen LogP contribution in [-0.4, -0.2) is 31.3 Å². The molecular weight excluding hydrogens is 416 g/mol. The number of allylic oxidation sites excluding steroid dienone is 3. The quantitative estimate of drug-likeness (QED) is 0.251. The molecule has 2 rings (SSSR count). The zero-order valence-corrected chi connectivity index (χ0v) is 18.0. The lowest BCUT2D eigenvalue weighted by molar-refractivity contribution is -0.117. The Kier molecular flexibility index (Phi) is 8.73. The van der Waals surface area contributed by atoms with Gasteiger partial charge in [0.1, 0.15) is 5.82 Å². The number of hydrogen-bond acceptors (Lipinski definition) is 4. The third kappa shape index (κ3) is 6.61. The lowest BCUT2D eigenvalue weighted by Crippen LogP contribution is -2.31. The van der Waals surface area contributed by atoms with Crippen LogP contribution in [0.3, 0.4) is 0 Å². The van der Waals surface area contributed by atoms with Crippen molar-refractivity contribution in [2.75, 3.05) is 13.8 Å². The van der Waals surface area contributed by atoms with Gasteiger partial charge in [0.15, 0.2) is 0 Å². The van der Waals surface area contributed by atoms with Gasteiger partial charge in [-0.25, -0.2) is 9.38 Å². The van der Waals surface area contributed by atoms with Gasteiger partial charge in [0, 0.05) is 23.5 Å². The van der Waals surface area contributed by atoms with E-state index in [-0.39, 0.29) is 10.8 Å². The minimum Gasteiger partial charge on any atom is -0.490 e. The highest BCUT2D eigenvalue weighted by Crippen LogP contribution is 2.27. The summed E-state index contributed by atoms with van der Waals surface area (Å²) in [6, 6.07) is 4.49. The van der Waals surface area contributed by atoms with Crippen molar-refractivity contribution in [3.05, 3.63) is 68.9 Å². The molecule has 156 valence electrons. The van der Waals surface area contributed by atoms with E-state index in [4.69, 9.17) is 27.9 Å². The maximum atomic E-state index is 13.5. The summed E-state index contributed by atoms with van der Waals surface area (Å²) in [5.74, 6) is -1.03. The van der Waals surface area contributed by atoms with Crippen LogP contribution >= 0.6 is 23.2 Å². The van der Waals surface area contributed by atoms with E-state index >= 15 is 0 Å². The fourth-order valence-corrected chi connectivity index (χ4v) is 3.33. The number of amides is 1. The fraction of sp³-hybridized carbons (Fsp3) is 0.333. The first-order chi connectivity index (χ1) is 13.9. The molecule has 1 aromatic carbocycles. The van der Waals surface area contributed by atoms with E-state index in [0.29, 0.717) is 13.2 Å². The first-order valence-corrected chi connectivity index (χ1v) is 9.90. The molecule has 1 aliphatic rings. The van der Waals surface area contributed by atoms with Crippen molar-refractivity contribution in [2.45, 2.75) is 32.7 Å². The van der Waals surface area contributed by atoms with Gasteiger partial charge in [-0.05, 0) is 55.3 Å². The number of carbonyl (C=O) groups excluding carboxylic acids is 1. The Morgan fingerprint density at radius 1 is 1.41 bits per heavy atom. The average Bonchev–Trinajstić information content (AvgIpc) is 2.72. The van der Waals surface area contributed by atoms with Crippen molar-refractivity contribution in [1.29, 1.82) is 0 Å². The van der Waals surface area contributed by atoms with E-state index in [1.165, 1.54) is 18.7 Å². The lowest BCUT2D eigenvalue weighted by atomic mass is 10.00. The Morgan fingerprint density at radius 3 is 2.79 bits per heavy atom. The van der Waals surface area contributed by atoms with Crippen LogP contribution in [0, 0.1) is 5.82 Å². The van der Waals surface area contributed by atoms with Crippen molar-refractivity contribution in [3.8, 4) is 0 Å². The number of rotatable bonds is 9. The molecule has 0 atom stereocenters. The summed E-state index contributed by atoms with van der Waals surface area (Å²) in [7, 11) is 1.39. The molecule has 0 bridgehead atoms. The van der Waals surface area contributed by atoms with Gasteiger partial charge in [0.2, 0.25) is 5.76 Å². The predicted molar refractivity (Wildman–Crippen MR) is 115 cm³/mol. The molecule has 5 nitrogen and oxygen atoms in total. The summed E-state index contributed by atoms with van der Waals surface area (Å²) in [6.07, 6.45) is 6.12. The summed E-state index contributed by atoms with van der Waals surface area (Å²) >= 11 is 12.1. The molecule has 29 heavy (non-hydrogen) atoms. The maximum absolute atomic E-state index is 13.5. The van der Waals surface area contributed by atoms with Gasteiger partial charge in [-0.15, -0.1) is 0 Å². The van der Waals surface area contributed by atoms with Gasteiger partial charge >= 0.3 is 5.91 Å². The van der Waals surface area contributed by atoms with Gasteiger partial charge in [0.25, 0.3) is 0 Å². The molecule has 0 aromatic heterocycles. The summed E-state index contributed by atoms with van der Waals surface area (Å²) < 4.78 is 18.6. The Hall–Kier alpha value is -2.31. The molecule has 0 heterocycles. The number of hydrogen-bond donors (Lipinski definition) is 1. The summed E-state index contributed by atoms with van der Waals surface area (Å²) in [4.78, 5) is 17.1. The Balaban J connectivity index is 2.27. The van der Waals surface area contributed by atoms with E-state index in [2.05, 4.69) is 24.0 Å². The zero-order chi connectivity index (χ0) is 21.4. The molecule has 0 radical (unpaired) electrons. The largest absolute Gasteiger partial charge is 0.490 e. The fourth-order valence-electron chi connectivity index (χ4n) is 2.92. The van der Waals surface area contributed by atoms with Crippen LogP contribution in [0.1, 0.15) is 31.7 Å². The van der Waals surface area contributed by atoms with Crippen molar-refractivity contribution >= 4 is 35.8 Å². The molecule has 0 saturated carbocycles. The molecule has 0 aliphatic heterocycles. The Labute approximate surface area is 180 Å². The maximum Gasteiger partial charge on any atom is 0.312 e. The summed E-state index contributed by atoms with van der Waals surface area (Å²) in [5.41, 5.74) is 3.01. The number of nitrogens with zero attached hydrogens (tertiary/aromatic N) is 2. The SMILES string of the molecule is C=NC(=O)/C(=C\N(CNC1=C(CC)CCC(Cl)=C1)Cc1ccc(F)c(Cl)c1)OC. The second-order valence-electron chi connectivity index (χ2n) is 6.45. The van der Waals surface area contributed by atoms with Crippen LogP contribution in [0.15, 0.2) is 57.5 Å². The molecule has 0 saturated heterocycles. The summed E-state index contributed by atoms with van der Waals surface area (Å²) in [6.45, 7) is 6.05. The van der Waals surface area contributed by atoms with Gasteiger partial charge in [-0.2, -0.15) is 0 Å². The van der Waals surface area contributed by atoms with Crippen LogP contribution in [0.5, 0.6) is 0 Å². The summed E-state index contributed by atoms with van der Waals surface area (Å²) in [5, 5.41) is 4.19. The number of ether oxygens (including phenoxy) is 1. The van der Waals surface area contributed by atoms with E-state index in [1.807, 2.05) is 11.0 Å². The highest BCUT2D eigenvalue weighted by atomic mass is 35.5. The van der Waals surface area contributed by atoms with Crippen LogP contribution in [0.2, 0.25) is 5.02 Å².